The Morgan fingerprint density at radius 3 is 1.18 bits per heavy atom. The van der Waals surface area contributed by atoms with E-state index in [1.807, 2.05) is 0 Å². The van der Waals surface area contributed by atoms with Crippen molar-refractivity contribution in [3.8, 4) is 55.6 Å². The third-order valence-electron chi connectivity index (χ3n) is 16.4. The van der Waals surface area contributed by atoms with Crippen LogP contribution in [0.1, 0.15) is 11.1 Å². The number of hydrogen-bond acceptors (Lipinski definition) is 1. The number of rotatable bonds is 6. The highest BCUT2D eigenvalue weighted by Crippen LogP contribution is 2.49. The van der Waals surface area contributed by atoms with Crippen molar-refractivity contribution in [3.63, 3.8) is 0 Å². The summed E-state index contributed by atoms with van der Waals surface area (Å²) in [6.45, 7) is 0. The minimum Gasteiger partial charge on any atom is -0.311 e. The van der Waals surface area contributed by atoms with E-state index >= 15 is 0 Å². The highest BCUT2D eigenvalue weighted by atomic mass is 28.3. The predicted octanol–water partition coefficient (Wildman–Crippen LogP) is 17.9. The summed E-state index contributed by atoms with van der Waals surface area (Å²) in [6, 6.07) is 105. The Bertz CT molecular complexity index is 4270. The molecule has 0 bridgehead atoms. The molecule has 0 aliphatic carbocycles. The first-order valence-electron chi connectivity index (χ1n) is 26.0. The Kier molecular flexibility index (Phi) is 9.80. The van der Waals surface area contributed by atoms with Gasteiger partial charge in [0.15, 0.2) is 0 Å². The van der Waals surface area contributed by atoms with Crippen LogP contribution in [0.15, 0.2) is 273 Å². The van der Waals surface area contributed by atoms with Crippen molar-refractivity contribution in [1.29, 1.82) is 0 Å². The molecule has 1 nitrogen and oxygen atoms in total. The molecule has 0 atom stereocenters. The van der Waals surface area contributed by atoms with Gasteiger partial charge in [-0.2, -0.15) is 0 Å². The second-order valence-corrected chi connectivity index (χ2v) is 24.3. The van der Waals surface area contributed by atoms with Crippen molar-refractivity contribution in [2.75, 3.05) is 4.90 Å². The number of nitrogens with zero attached hydrogens (tertiary/aromatic N) is 1. The largest absolute Gasteiger partial charge is 0.311 e. The molecule has 15 rings (SSSR count). The number of benzene rings is 13. The van der Waals surface area contributed by atoms with Gasteiger partial charge in [0.05, 0.1) is 0 Å². The fourth-order valence-corrected chi connectivity index (χ4v) is 18.6. The zero-order valence-electron chi connectivity index (χ0n) is 40.8. The molecule has 346 valence electrons. The maximum absolute atomic E-state index is 2.63. The van der Waals surface area contributed by atoms with Gasteiger partial charge < -0.3 is 4.90 Å². The molecule has 1 spiro atoms. The van der Waals surface area contributed by atoms with Crippen molar-refractivity contribution >= 4 is 78.6 Å². The maximum atomic E-state index is 2.63. The zero-order chi connectivity index (χ0) is 48.7. The van der Waals surface area contributed by atoms with Crippen LogP contribution in [0.3, 0.4) is 0 Å². The van der Waals surface area contributed by atoms with Gasteiger partial charge in [0.25, 0.3) is 0 Å². The Morgan fingerprint density at radius 1 is 0.243 bits per heavy atom. The van der Waals surface area contributed by atoms with E-state index < -0.39 is 8.07 Å². The zero-order valence-corrected chi connectivity index (χ0v) is 41.8. The Balaban J connectivity index is 0.914. The van der Waals surface area contributed by atoms with Crippen LogP contribution in [0.25, 0.3) is 98.7 Å². The highest BCUT2D eigenvalue weighted by Gasteiger charge is 2.49. The van der Waals surface area contributed by atoms with Gasteiger partial charge in [-0.1, -0.05) is 243 Å². The molecule has 0 aromatic heterocycles. The SMILES string of the molecule is c1ccc(-c2ccc3c(-c4ccc(-c5c6ccccc6c(-c6ccc7c(c6)[Si]6(Cc8ccccc8C6)c6ccccc6N7c6ccccc6)c6ccccc56)cc4)c4ccccc4c(-c4ccccc4)c3c2)cc1. The molecule has 74 heavy (non-hydrogen) atoms. The lowest BCUT2D eigenvalue weighted by Gasteiger charge is -2.43. The van der Waals surface area contributed by atoms with Gasteiger partial charge in [-0.25, -0.2) is 0 Å². The van der Waals surface area contributed by atoms with Crippen LogP contribution >= 0.6 is 0 Å². The summed E-state index contributed by atoms with van der Waals surface area (Å²) in [7, 11) is -2.35. The molecular weight excluding hydrogens is 907 g/mol. The molecule has 0 radical (unpaired) electrons. The summed E-state index contributed by atoms with van der Waals surface area (Å²) >= 11 is 0. The van der Waals surface area contributed by atoms with Gasteiger partial charge >= 0.3 is 0 Å². The Labute approximate surface area is 432 Å². The average Bonchev–Trinajstić information content (AvgIpc) is 3.87. The van der Waals surface area contributed by atoms with E-state index in [1.54, 1.807) is 0 Å². The van der Waals surface area contributed by atoms with Gasteiger partial charge in [0.2, 0.25) is 0 Å². The highest BCUT2D eigenvalue weighted by molar-refractivity contribution is 7.04. The summed E-state index contributed by atoms with van der Waals surface area (Å²) in [4.78, 5) is 2.53. The number of para-hydroxylation sites is 2. The molecule has 2 heteroatoms. The van der Waals surface area contributed by atoms with Gasteiger partial charge in [-0.05, 0) is 163 Å². The lowest BCUT2D eigenvalue weighted by Crippen LogP contribution is -2.64. The van der Waals surface area contributed by atoms with Crippen molar-refractivity contribution in [3.05, 3.63) is 284 Å². The smallest absolute Gasteiger partial charge is 0.132 e. The van der Waals surface area contributed by atoms with Crippen molar-refractivity contribution in [2.45, 2.75) is 12.1 Å². The van der Waals surface area contributed by atoms with Gasteiger partial charge in [-0.15, -0.1) is 0 Å². The summed E-state index contributed by atoms with van der Waals surface area (Å²) in [5.74, 6) is 0. The van der Waals surface area contributed by atoms with E-state index in [0.29, 0.717) is 0 Å². The standard InChI is InChI=1S/C72H49NSi/c1-4-20-48(21-5-1)52-40-42-63-64(44-52)71(49-22-6-2-7-23-49)60-31-15-12-28-57(60)70(63)51-38-36-50(37-39-51)69-58-29-13-16-32-61(58)72(62-33-17-14-30-59(62)69)53-41-43-66-68(45-53)74(46-54-24-10-11-25-55(54)47-74)67-35-19-18-34-65(67)73(66)56-26-8-3-9-27-56/h1-45H,46-47H2. The molecule has 2 aliphatic rings. The second kappa shape index (κ2) is 17.0. The predicted molar refractivity (Wildman–Crippen MR) is 317 cm³/mol. The summed E-state index contributed by atoms with van der Waals surface area (Å²) in [5, 5.41) is 13.1. The van der Waals surface area contributed by atoms with Crippen molar-refractivity contribution < 1.29 is 0 Å². The topological polar surface area (TPSA) is 3.24 Å². The normalized spacial score (nSPS) is 13.4. The molecule has 0 saturated heterocycles. The summed E-state index contributed by atoms with van der Waals surface area (Å²) in [5.41, 5.74) is 19.3. The van der Waals surface area contributed by atoms with Crippen molar-refractivity contribution in [2.24, 2.45) is 0 Å². The maximum Gasteiger partial charge on any atom is 0.132 e. The Hall–Kier alpha value is -9.08. The summed E-state index contributed by atoms with van der Waals surface area (Å²) in [6.07, 6.45) is 0. The lowest BCUT2D eigenvalue weighted by molar-refractivity contribution is 1.27. The van der Waals surface area contributed by atoms with Crippen LogP contribution in [0.2, 0.25) is 0 Å². The first-order chi connectivity index (χ1) is 36.7. The number of hydrogen-bond donors (Lipinski definition) is 0. The molecule has 13 aromatic carbocycles. The van der Waals surface area contributed by atoms with E-state index in [1.165, 1.54) is 137 Å². The first kappa shape index (κ1) is 42.6. The molecule has 0 N–H and O–H groups in total. The van der Waals surface area contributed by atoms with Crippen molar-refractivity contribution in [1.82, 2.24) is 0 Å². The molecule has 0 fully saturated rings. The summed E-state index contributed by atoms with van der Waals surface area (Å²) < 4.78 is 0. The minimum atomic E-state index is -2.35. The molecular formula is C72H49NSi. The number of fused-ring (bicyclic) bond motifs is 9. The van der Waals surface area contributed by atoms with Gasteiger partial charge in [-0.3, -0.25) is 0 Å². The monoisotopic (exact) mass is 955 g/mol. The van der Waals surface area contributed by atoms with Crippen LogP contribution in [0.5, 0.6) is 0 Å². The molecule has 0 unspecified atom stereocenters. The molecule has 0 saturated carbocycles. The third-order valence-corrected chi connectivity index (χ3v) is 21.3. The van der Waals surface area contributed by atoms with Crippen LogP contribution in [0, 0.1) is 0 Å². The van der Waals surface area contributed by atoms with E-state index in [9.17, 15) is 0 Å². The lowest BCUT2D eigenvalue weighted by atomic mass is 9.83. The van der Waals surface area contributed by atoms with E-state index in [0.717, 1.165) is 12.1 Å². The Morgan fingerprint density at radius 2 is 0.622 bits per heavy atom. The van der Waals surface area contributed by atoms with Crippen LogP contribution in [-0.4, -0.2) is 8.07 Å². The molecule has 2 heterocycles. The second-order valence-electron chi connectivity index (χ2n) is 20.3. The van der Waals surface area contributed by atoms with Gasteiger partial charge in [0.1, 0.15) is 8.07 Å². The quantitative estimate of drug-likeness (QED) is 0.119. The molecule has 13 aromatic rings. The van der Waals surface area contributed by atoms with Gasteiger partial charge in [0, 0.05) is 17.1 Å². The third kappa shape index (κ3) is 6.55. The fourth-order valence-electron chi connectivity index (χ4n) is 13.2. The van der Waals surface area contributed by atoms with Crippen LogP contribution in [0.4, 0.5) is 17.1 Å². The molecule has 0 amide bonds. The first-order valence-corrected chi connectivity index (χ1v) is 28.4. The van der Waals surface area contributed by atoms with Crippen LogP contribution < -0.4 is 15.3 Å². The van der Waals surface area contributed by atoms with E-state index in [2.05, 4.69) is 278 Å². The van der Waals surface area contributed by atoms with E-state index in [-0.39, 0.29) is 0 Å². The molecule has 2 aliphatic heterocycles. The average molecular weight is 956 g/mol. The minimum absolute atomic E-state index is 1.10. The fraction of sp³-hybridized carbons (Fsp3) is 0.0278. The van der Waals surface area contributed by atoms with Crippen LogP contribution in [-0.2, 0) is 12.1 Å². The number of anilines is 3. The van der Waals surface area contributed by atoms with E-state index in [4.69, 9.17) is 0 Å².